The molecule has 0 atom stereocenters. The van der Waals surface area contributed by atoms with Crippen molar-refractivity contribution < 1.29 is 4.52 Å². The summed E-state index contributed by atoms with van der Waals surface area (Å²) in [5, 5.41) is 4.68. The molecule has 1 aromatic heterocycles. The van der Waals surface area contributed by atoms with Crippen molar-refractivity contribution in [2.45, 2.75) is 19.2 Å². The van der Waals surface area contributed by atoms with Crippen molar-refractivity contribution in [3.63, 3.8) is 0 Å². The molecule has 0 amide bonds. The highest BCUT2D eigenvalue weighted by atomic mass is 79.9. The lowest BCUT2D eigenvalue weighted by molar-refractivity contribution is 0.426. The fraction of sp³-hybridized carbons (Fsp3) is 0.250. The van der Waals surface area contributed by atoms with Crippen molar-refractivity contribution in [3.05, 3.63) is 41.1 Å². The van der Waals surface area contributed by atoms with Gasteiger partial charge in [-0.05, 0) is 19.4 Å². The van der Waals surface area contributed by atoms with Gasteiger partial charge in [0.05, 0.1) is 5.69 Å². The van der Waals surface area contributed by atoms with Crippen LogP contribution in [0.4, 0.5) is 0 Å². The van der Waals surface area contributed by atoms with Crippen LogP contribution in [0.15, 0.2) is 28.8 Å². The molecule has 0 aliphatic rings. The minimum atomic E-state index is 0.724. The van der Waals surface area contributed by atoms with Crippen LogP contribution in [0.25, 0.3) is 11.3 Å². The Morgan fingerprint density at radius 2 is 2.07 bits per heavy atom. The molecule has 15 heavy (non-hydrogen) atoms. The van der Waals surface area contributed by atoms with E-state index in [0.717, 1.165) is 22.3 Å². The first-order valence-corrected chi connectivity index (χ1v) is 5.92. The number of benzene rings is 1. The number of alkyl halides is 1. The SMILES string of the molecule is Cc1ccc(-c2cc(CBr)no2)c(C)c1. The van der Waals surface area contributed by atoms with E-state index in [-0.39, 0.29) is 0 Å². The summed E-state index contributed by atoms with van der Waals surface area (Å²) < 4.78 is 5.28. The molecule has 2 rings (SSSR count). The second kappa shape index (κ2) is 4.19. The van der Waals surface area contributed by atoms with Crippen molar-refractivity contribution in [2.75, 3.05) is 0 Å². The maximum atomic E-state index is 5.28. The summed E-state index contributed by atoms with van der Waals surface area (Å²) in [6, 6.07) is 8.26. The van der Waals surface area contributed by atoms with E-state index in [1.807, 2.05) is 6.07 Å². The number of rotatable bonds is 2. The molecule has 1 aromatic carbocycles. The van der Waals surface area contributed by atoms with Crippen LogP contribution in [0.2, 0.25) is 0 Å². The maximum Gasteiger partial charge on any atom is 0.167 e. The number of hydrogen-bond donors (Lipinski definition) is 0. The van der Waals surface area contributed by atoms with Gasteiger partial charge in [0.2, 0.25) is 0 Å². The van der Waals surface area contributed by atoms with E-state index in [4.69, 9.17) is 4.52 Å². The number of nitrogens with zero attached hydrogens (tertiary/aromatic N) is 1. The molecule has 0 radical (unpaired) electrons. The fourth-order valence-corrected chi connectivity index (χ4v) is 1.86. The van der Waals surface area contributed by atoms with Gasteiger partial charge in [-0.1, -0.05) is 44.8 Å². The predicted octanol–water partition coefficient (Wildman–Crippen LogP) is 3.85. The van der Waals surface area contributed by atoms with Gasteiger partial charge in [-0.3, -0.25) is 0 Å². The Kier molecular flexibility index (Phi) is 2.91. The lowest BCUT2D eigenvalue weighted by Gasteiger charge is -2.01. The lowest BCUT2D eigenvalue weighted by atomic mass is 10.0. The van der Waals surface area contributed by atoms with E-state index in [1.54, 1.807) is 0 Å². The molecule has 0 spiro atoms. The molecule has 1 heterocycles. The Bertz CT molecular complexity index is 476. The van der Waals surface area contributed by atoms with Gasteiger partial charge in [-0.25, -0.2) is 0 Å². The smallest absolute Gasteiger partial charge is 0.167 e. The van der Waals surface area contributed by atoms with Crippen LogP contribution in [0.1, 0.15) is 16.8 Å². The van der Waals surface area contributed by atoms with Crippen LogP contribution in [-0.4, -0.2) is 5.16 Å². The molecule has 0 saturated carbocycles. The van der Waals surface area contributed by atoms with Crippen molar-refractivity contribution in [1.29, 1.82) is 0 Å². The van der Waals surface area contributed by atoms with Gasteiger partial charge in [0.15, 0.2) is 5.76 Å². The second-order valence-corrected chi connectivity index (χ2v) is 4.20. The quantitative estimate of drug-likeness (QED) is 0.771. The monoisotopic (exact) mass is 265 g/mol. The van der Waals surface area contributed by atoms with Gasteiger partial charge >= 0.3 is 0 Å². The standard InChI is InChI=1S/C12H12BrNO/c1-8-3-4-11(9(2)5-8)12-6-10(7-13)14-15-12/h3-6H,7H2,1-2H3. The van der Waals surface area contributed by atoms with Crippen LogP contribution >= 0.6 is 15.9 Å². The Morgan fingerprint density at radius 1 is 1.27 bits per heavy atom. The molecule has 3 heteroatoms. The maximum absolute atomic E-state index is 5.28. The molecule has 0 aliphatic heterocycles. The highest BCUT2D eigenvalue weighted by Crippen LogP contribution is 2.25. The summed E-state index contributed by atoms with van der Waals surface area (Å²) in [4.78, 5) is 0. The van der Waals surface area contributed by atoms with E-state index in [9.17, 15) is 0 Å². The summed E-state index contributed by atoms with van der Waals surface area (Å²) >= 11 is 3.35. The Balaban J connectivity index is 2.44. The molecule has 2 aromatic rings. The molecule has 0 aliphatic carbocycles. The van der Waals surface area contributed by atoms with E-state index < -0.39 is 0 Å². The van der Waals surface area contributed by atoms with Crippen LogP contribution < -0.4 is 0 Å². The van der Waals surface area contributed by atoms with Gasteiger partial charge in [0.1, 0.15) is 0 Å². The summed E-state index contributed by atoms with van der Waals surface area (Å²) in [6.07, 6.45) is 0. The van der Waals surface area contributed by atoms with Crippen LogP contribution in [0.5, 0.6) is 0 Å². The summed E-state index contributed by atoms with van der Waals surface area (Å²) in [7, 11) is 0. The van der Waals surface area contributed by atoms with Gasteiger partial charge < -0.3 is 4.52 Å². The van der Waals surface area contributed by atoms with Gasteiger partial charge in [-0.15, -0.1) is 0 Å². The third-order valence-electron chi connectivity index (χ3n) is 2.34. The number of halogens is 1. The number of aryl methyl sites for hydroxylation is 2. The van der Waals surface area contributed by atoms with Crippen LogP contribution in [-0.2, 0) is 5.33 Å². The minimum Gasteiger partial charge on any atom is -0.356 e. The molecule has 2 nitrogen and oxygen atoms in total. The molecule has 0 unspecified atom stereocenters. The zero-order valence-electron chi connectivity index (χ0n) is 8.75. The topological polar surface area (TPSA) is 26.0 Å². The lowest BCUT2D eigenvalue weighted by Crippen LogP contribution is -1.82. The third-order valence-corrected chi connectivity index (χ3v) is 2.92. The van der Waals surface area contributed by atoms with E-state index >= 15 is 0 Å². The molecule has 0 saturated heterocycles. The Hall–Kier alpha value is -1.09. The van der Waals surface area contributed by atoms with Crippen molar-refractivity contribution in [2.24, 2.45) is 0 Å². The normalized spacial score (nSPS) is 10.6. The zero-order chi connectivity index (χ0) is 10.8. The van der Waals surface area contributed by atoms with Gasteiger partial charge in [0.25, 0.3) is 0 Å². The van der Waals surface area contributed by atoms with E-state index in [2.05, 4.69) is 53.1 Å². The molecular formula is C12H12BrNO. The molecular weight excluding hydrogens is 254 g/mol. The predicted molar refractivity (Wildman–Crippen MR) is 64.0 cm³/mol. The number of aromatic nitrogens is 1. The highest BCUT2D eigenvalue weighted by molar-refractivity contribution is 9.08. The Morgan fingerprint density at radius 3 is 2.67 bits per heavy atom. The first kappa shape index (κ1) is 10.4. The first-order valence-electron chi connectivity index (χ1n) is 4.80. The average Bonchev–Trinajstić information content (AvgIpc) is 2.66. The average molecular weight is 266 g/mol. The first-order chi connectivity index (χ1) is 7.20. The highest BCUT2D eigenvalue weighted by Gasteiger charge is 2.08. The minimum absolute atomic E-state index is 0.724. The van der Waals surface area contributed by atoms with Crippen molar-refractivity contribution >= 4 is 15.9 Å². The van der Waals surface area contributed by atoms with E-state index in [0.29, 0.717) is 0 Å². The largest absolute Gasteiger partial charge is 0.356 e. The van der Waals surface area contributed by atoms with Crippen LogP contribution in [0, 0.1) is 13.8 Å². The zero-order valence-corrected chi connectivity index (χ0v) is 10.3. The second-order valence-electron chi connectivity index (χ2n) is 3.63. The summed E-state index contributed by atoms with van der Waals surface area (Å²) in [5.41, 5.74) is 4.51. The Labute approximate surface area is 97.4 Å². The fourth-order valence-electron chi connectivity index (χ4n) is 1.59. The van der Waals surface area contributed by atoms with Crippen molar-refractivity contribution in [1.82, 2.24) is 5.16 Å². The molecule has 78 valence electrons. The molecule has 0 fully saturated rings. The third kappa shape index (κ3) is 2.12. The van der Waals surface area contributed by atoms with Gasteiger partial charge in [-0.2, -0.15) is 0 Å². The van der Waals surface area contributed by atoms with Crippen LogP contribution in [0.3, 0.4) is 0 Å². The number of hydrogen-bond acceptors (Lipinski definition) is 2. The molecule has 0 bridgehead atoms. The van der Waals surface area contributed by atoms with Crippen molar-refractivity contribution in [3.8, 4) is 11.3 Å². The van der Waals surface area contributed by atoms with Gasteiger partial charge in [0, 0.05) is 17.0 Å². The summed E-state index contributed by atoms with van der Waals surface area (Å²) in [5.74, 6) is 0.835. The summed E-state index contributed by atoms with van der Waals surface area (Å²) in [6.45, 7) is 4.17. The van der Waals surface area contributed by atoms with E-state index in [1.165, 1.54) is 11.1 Å². The molecule has 0 N–H and O–H groups in total.